The molecule has 0 saturated heterocycles. The number of nitrogens with one attached hydrogen (secondary N) is 1. The fraction of sp³-hybridized carbons (Fsp3) is 0.917. The molecule has 1 N–H and O–H groups in total. The van der Waals surface area contributed by atoms with Crippen molar-refractivity contribution in [3.8, 4) is 0 Å². The van der Waals surface area contributed by atoms with E-state index in [2.05, 4.69) is 10.5 Å². The van der Waals surface area contributed by atoms with Crippen LogP contribution in [0.4, 0.5) is 4.79 Å². The van der Waals surface area contributed by atoms with E-state index in [1.165, 1.54) is 0 Å². The van der Waals surface area contributed by atoms with Crippen LogP contribution in [0.5, 0.6) is 0 Å². The summed E-state index contributed by atoms with van der Waals surface area (Å²) < 4.78 is 5.20. The van der Waals surface area contributed by atoms with E-state index in [0.717, 1.165) is 25.7 Å². The monoisotopic (exact) mass is 242 g/mol. The van der Waals surface area contributed by atoms with Gasteiger partial charge in [0.25, 0.3) is 0 Å². The highest BCUT2D eigenvalue weighted by Crippen LogP contribution is 2.28. The maximum Gasteiger partial charge on any atom is 0.407 e. The van der Waals surface area contributed by atoms with Crippen molar-refractivity contribution in [2.45, 2.75) is 58.1 Å². The van der Waals surface area contributed by atoms with Gasteiger partial charge in [0, 0.05) is 6.04 Å². The van der Waals surface area contributed by atoms with Crippen LogP contribution in [0, 0.1) is 10.8 Å². The largest absolute Gasteiger partial charge is 0.444 e. The van der Waals surface area contributed by atoms with Gasteiger partial charge in [-0.3, -0.25) is 0 Å². The fourth-order valence-electron chi connectivity index (χ4n) is 2.18. The molecule has 0 radical (unpaired) electrons. The number of ether oxygens (including phenoxy) is 1. The normalized spacial score (nSPS) is 24.4. The van der Waals surface area contributed by atoms with Gasteiger partial charge in [-0.25, -0.2) is 4.79 Å². The first-order valence-corrected chi connectivity index (χ1v) is 6.19. The highest BCUT2D eigenvalue weighted by molar-refractivity contribution is 5.68. The zero-order valence-corrected chi connectivity index (χ0v) is 10.9. The molecule has 1 aliphatic carbocycles. The number of hydrogen-bond acceptors (Lipinski definition) is 4. The summed E-state index contributed by atoms with van der Waals surface area (Å²) in [5.74, 6) is 0.507. The summed E-state index contributed by atoms with van der Waals surface area (Å²) in [6, 6.07) is 0.182. The van der Waals surface area contributed by atoms with Gasteiger partial charge >= 0.3 is 6.09 Å². The molecule has 1 amide bonds. The number of hydrogen-bond donors (Lipinski definition) is 1. The molecule has 0 aromatic carbocycles. The zero-order chi connectivity index (χ0) is 12.9. The first kappa shape index (κ1) is 13.9. The lowest BCUT2D eigenvalue weighted by atomic mass is 10.0. The SMILES string of the molecule is CC(C)(C)OC(=O)N[C@H]1CC[C@H](CCN=O)C1. The molecule has 2 atom stereocenters. The van der Waals surface area contributed by atoms with Gasteiger partial charge in [0.1, 0.15) is 5.60 Å². The van der Waals surface area contributed by atoms with Crippen molar-refractivity contribution in [3.63, 3.8) is 0 Å². The van der Waals surface area contributed by atoms with Gasteiger partial charge in [0.2, 0.25) is 0 Å². The van der Waals surface area contributed by atoms with E-state index in [4.69, 9.17) is 4.74 Å². The fourth-order valence-corrected chi connectivity index (χ4v) is 2.18. The zero-order valence-electron chi connectivity index (χ0n) is 10.9. The van der Waals surface area contributed by atoms with Crippen LogP contribution in [0.3, 0.4) is 0 Å². The highest BCUT2D eigenvalue weighted by Gasteiger charge is 2.27. The second-order valence-electron chi connectivity index (χ2n) is 5.66. The predicted octanol–water partition coefficient (Wildman–Crippen LogP) is 2.84. The third kappa shape index (κ3) is 5.65. The van der Waals surface area contributed by atoms with E-state index in [1.807, 2.05) is 20.8 Å². The molecule has 0 aliphatic heterocycles. The number of rotatable bonds is 4. The molecule has 1 rings (SSSR count). The third-order valence-electron chi connectivity index (χ3n) is 2.89. The van der Waals surface area contributed by atoms with Gasteiger partial charge in [0.15, 0.2) is 0 Å². The molecule has 0 unspecified atom stereocenters. The Morgan fingerprint density at radius 2 is 2.12 bits per heavy atom. The van der Waals surface area contributed by atoms with Gasteiger partial charge in [0.05, 0.1) is 6.54 Å². The molecule has 0 aromatic heterocycles. The number of amides is 1. The van der Waals surface area contributed by atoms with E-state index in [0.29, 0.717) is 12.5 Å². The average Bonchev–Trinajstić information content (AvgIpc) is 2.59. The second-order valence-corrected chi connectivity index (χ2v) is 5.66. The lowest BCUT2D eigenvalue weighted by Gasteiger charge is -2.21. The Bertz CT molecular complexity index is 273. The summed E-state index contributed by atoms with van der Waals surface area (Å²) in [5, 5.41) is 5.74. The molecule has 1 saturated carbocycles. The van der Waals surface area contributed by atoms with Crippen molar-refractivity contribution in [1.29, 1.82) is 0 Å². The summed E-state index contributed by atoms with van der Waals surface area (Å²) >= 11 is 0. The number of nitroso groups, excluding NO2 is 1. The van der Waals surface area contributed by atoms with Gasteiger partial charge in [-0.1, -0.05) is 5.18 Å². The van der Waals surface area contributed by atoms with Crippen LogP contribution in [-0.2, 0) is 4.74 Å². The van der Waals surface area contributed by atoms with Gasteiger partial charge in [-0.15, -0.1) is 0 Å². The number of carbonyl (C=O) groups is 1. The topological polar surface area (TPSA) is 67.8 Å². The van der Waals surface area contributed by atoms with Gasteiger partial charge in [-0.2, -0.15) is 4.91 Å². The molecule has 0 aromatic rings. The summed E-state index contributed by atoms with van der Waals surface area (Å²) in [6.07, 6.45) is 3.42. The Balaban J connectivity index is 2.25. The molecule has 1 fully saturated rings. The minimum atomic E-state index is -0.455. The molecule has 5 nitrogen and oxygen atoms in total. The van der Waals surface area contributed by atoms with Crippen molar-refractivity contribution in [2.75, 3.05) is 6.54 Å². The highest BCUT2D eigenvalue weighted by atomic mass is 16.6. The van der Waals surface area contributed by atoms with Crippen molar-refractivity contribution < 1.29 is 9.53 Å². The Kier molecular flexibility index (Phi) is 4.90. The Hall–Kier alpha value is -1.13. The first-order valence-electron chi connectivity index (χ1n) is 6.19. The molecule has 17 heavy (non-hydrogen) atoms. The van der Waals surface area contributed by atoms with Gasteiger partial charge in [-0.05, 0) is 52.4 Å². The minimum absolute atomic E-state index is 0.182. The van der Waals surface area contributed by atoms with Gasteiger partial charge < -0.3 is 10.1 Å². The quantitative estimate of drug-likeness (QED) is 0.771. The van der Waals surface area contributed by atoms with E-state index < -0.39 is 5.60 Å². The van der Waals surface area contributed by atoms with E-state index in [9.17, 15) is 9.70 Å². The summed E-state index contributed by atoms with van der Waals surface area (Å²) in [6.45, 7) is 5.92. The third-order valence-corrected chi connectivity index (χ3v) is 2.89. The van der Waals surface area contributed by atoms with Crippen LogP contribution in [0.25, 0.3) is 0 Å². The van der Waals surface area contributed by atoms with E-state index in [-0.39, 0.29) is 12.1 Å². The van der Waals surface area contributed by atoms with Crippen LogP contribution in [0.2, 0.25) is 0 Å². The second kappa shape index (κ2) is 5.98. The Labute approximate surface area is 102 Å². The Morgan fingerprint density at radius 3 is 2.71 bits per heavy atom. The summed E-state index contributed by atoms with van der Waals surface area (Å²) in [5.41, 5.74) is -0.455. The molecule has 98 valence electrons. The van der Waals surface area contributed by atoms with Crippen molar-refractivity contribution in [3.05, 3.63) is 4.91 Å². The minimum Gasteiger partial charge on any atom is -0.444 e. The van der Waals surface area contributed by atoms with Crippen LogP contribution < -0.4 is 5.32 Å². The smallest absolute Gasteiger partial charge is 0.407 e. The molecule has 0 bridgehead atoms. The van der Waals surface area contributed by atoms with Crippen molar-refractivity contribution >= 4 is 6.09 Å². The summed E-state index contributed by atoms with van der Waals surface area (Å²) in [4.78, 5) is 21.6. The van der Waals surface area contributed by atoms with E-state index in [1.54, 1.807) is 0 Å². The van der Waals surface area contributed by atoms with Crippen LogP contribution >= 0.6 is 0 Å². The summed E-state index contributed by atoms with van der Waals surface area (Å²) in [7, 11) is 0. The number of alkyl carbamates (subject to hydrolysis) is 1. The average molecular weight is 242 g/mol. The van der Waals surface area contributed by atoms with Crippen molar-refractivity contribution in [2.24, 2.45) is 11.1 Å². The van der Waals surface area contributed by atoms with E-state index >= 15 is 0 Å². The van der Waals surface area contributed by atoms with Crippen LogP contribution in [0.15, 0.2) is 5.18 Å². The maximum atomic E-state index is 11.5. The lowest BCUT2D eigenvalue weighted by molar-refractivity contribution is 0.0504. The number of nitrogens with zero attached hydrogens (tertiary/aromatic N) is 1. The number of carbonyl (C=O) groups excluding carboxylic acids is 1. The predicted molar refractivity (Wildman–Crippen MR) is 65.8 cm³/mol. The van der Waals surface area contributed by atoms with Crippen LogP contribution in [0.1, 0.15) is 46.5 Å². The van der Waals surface area contributed by atoms with Crippen molar-refractivity contribution in [1.82, 2.24) is 5.32 Å². The lowest BCUT2D eigenvalue weighted by Crippen LogP contribution is -2.37. The molecule has 1 aliphatic rings. The molecule has 5 heteroatoms. The molecular weight excluding hydrogens is 220 g/mol. The molecular formula is C12H22N2O3. The molecule has 0 heterocycles. The van der Waals surface area contributed by atoms with Crippen LogP contribution in [-0.4, -0.2) is 24.3 Å². The maximum absolute atomic E-state index is 11.5. The standard InChI is InChI=1S/C12H22N2O3/c1-12(2,3)17-11(15)14-10-5-4-9(8-10)6-7-13-16/h9-10H,4-8H2,1-3H3,(H,14,15)/t9-,10+/m1/s1. The Morgan fingerprint density at radius 1 is 1.41 bits per heavy atom. The first-order chi connectivity index (χ1) is 7.90. The molecule has 0 spiro atoms.